The van der Waals surface area contributed by atoms with Crippen LogP contribution in [0.15, 0.2) is 18.2 Å². The van der Waals surface area contributed by atoms with Crippen LogP contribution in [0.25, 0.3) is 0 Å². The third-order valence-corrected chi connectivity index (χ3v) is 2.67. The van der Waals surface area contributed by atoms with Gasteiger partial charge in [0.05, 0.1) is 0 Å². The summed E-state index contributed by atoms with van der Waals surface area (Å²) in [7, 11) is 3.89. The number of benzene rings is 1. The van der Waals surface area contributed by atoms with Gasteiger partial charge in [-0.3, -0.25) is 4.79 Å². The topological polar surface area (TPSA) is 52.6 Å². The summed E-state index contributed by atoms with van der Waals surface area (Å²) in [6.07, 6.45) is 0. The van der Waals surface area contributed by atoms with Gasteiger partial charge in [0.15, 0.2) is 5.78 Å². The second-order valence-electron chi connectivity index (χ2n) is 4.24. The van der Waals surface area contributed by atoms with Crippen LogP contribution in [-0.2, 0) is 6.54 Å². The van der Waals surface area contributed by atoms with Crippen LogP contribution in [0.5, 0.6) is 5.75 Å². The van der Waals surface area contributed by atoms with Gasteiger partial charge in [0.2, 0.25) is 0 Å². The van der Waals surface area contributed by atoms with E-state index in [0.717, 1.165) is 18.7 Å². The van der Waals surface area contributed by atoms with Crippen molar-refractivity contribution in [2.45, 2.75) is 13.5 Å². The van der Waals surface area contributed by atoms with Crippen molar-refractivity contribution in [3.63, 3.8) is 0 Å². The van der Waals surface area contributed by atoms with E-state index in [9.17, 15) is 9.90 Å². The normalized spacial score (nSPS) is 10.8. The Kier molecular flexibility index (Phi) is 5.12. The maximum Gasteiger partial charge on any atom is 0.159 e. The van der Waals surface area contributed by atoms with Crippen molar-refractivity contribution in [3.05, 3.63) is 29.3 Å². The first-order chi connectivity index (χ1) is 8.04. The van der Waals surface area contributed by atoms with Gasteiger partial charge in [-0.15, -0.1) is 0 Å². The van der Waals surface area contributed by atoms with E-state index >= 15 is 0 Å². The van der Waals surface area contributed by atoms with Gasteiger partial charge in [-0.25, -0.2) is 0 Å². The molecule has 0 bridgehead atoms. The van der Waals surface area contributed by atoms with E-state index in [1.165, 1.54) is 6.92 Å². The van der Waals surface area contributed by atoms with Gasteiger partial charge in [-0.1, -0.05) is 0 Å². The van der Waals surface area contributed by atoms with E-state index < -0.39 is 0 Å². The third-order valence-electron chi connectivity index (χ3n) is 2.67. The second-order valence-corrected chi connectivity index (χ2v) is 4.24. The van der Waals surface area contributed by atoms with Crippen molar-refractivity contribution in [1.82, 2.24) is 10.2 Å². The molecule has 4 heteroatoms. The van der Waals surface area contributed by atoms with Crippen LogP contribution >= 0.6 is 0 Å². The molecule has 1 rings (SSSR count). The first-order valence-corrected chi connectivity index (χ1v) is 5.70. The number of aromatic hydroxyl groups is 1. The van der Waals surface area contributed by atoms with Gasteiger partial charge in [0.1, 0.15) is 5.75 Å². The largest absolute Gasteiger partial charge is 0.508 e. The Labute approximate surface area is 102 Å². The fourth-order valence-electron chi connectivity index (χ4n) is 1.60. The fourth-order valence-corrected chi connectivity index (χ4v) is 1.60. The van der Waals surface area contributed by atoms with Gasteiger partial charge < -0.3 is 15.3 Å². The predicted molar refractivity (Wildman–Crippen MR) is 68.4 cm³/mol. The van der Waals surface area contributed by atoms with Crippen LogP contribution in [0, 0.1) is 0 Å². The molecule has 0 heterocycles. The van der Waals surface area contributed by atoms with Crippen molar-refractivity contribution in [2.24, 2.45) is 0 Å². The monoisotopic (exact) mass is 236 g/mol. The lowest BCUT2D eigenvalue weighted by Crippen LogP contribution is -2.27. The Morgan fingerprint density at radius 3 is 2.76 bits per heavy atom. The van der Waals surface area contributed by atoms with E-state index in [1.54, 1.807) is 18.2 Å². The SMILES string of the molecule is CNCCN(C)Cc1cc(C(C)=O)ccc1O. The highest BCUT2D eigenvalue weighted by atomic mass is 16.3. The Bertz CT molecular complexity index is 391. The average Bonchev–Trinajstić information content (AvgIpc) is 2.29. The van der Waals surface area contributed by atoms with Gasteiger partial charge in [0, 0.05) is 30.8 Å². The standard InChI is InChI=1S/C13H20N2O2/c1-10(16)11-4-5-13(17)12(8-11)9-15(3)7-6-14-2/h4-5,8,14,17H,6-7,9H2,1-3H3. The van der Waals surface area contributed by atoms with Crippen molar-refractivity contribution in [2.75, 3.05) is 27.2 Å². The van der Waals surface area contributed by atoms with Crippen molar-refractivity contribution in [3.8, 4) is 5.75 Å². The summed E-state index contributed by atoms with van der Waals surface area (Å²) < 4.78 is 0. The Morgan fingerprint density at radius 1 is 1.47 bits per heavy atom. The van der Waals surface area contributed by atoms with Crippen molar-refractivity contribution in [1.29, 1.82) is 0 Å². The Balaban J connectivity index is 2.75. The lowest BCUT2D eigenvalue weighted by atomic mass is 10.1. The van der Waals surface area contributed by atoms with E-state index in [0.29, 0.717) is 12.1 Å². The number of Topliss-reactive ketones (excluding diaryl/α,β-unsaturated/α-hetero) is 1. The van der Waals surface area contributed by atoms with E-state index in [2.05, 4.69) is 10.2 Å². The summed E-state index contributed by atoms with van der Waals surface area (Å²) in [5.74, 6) is 0.260. The number of nitrogens with one attached hydrogen (secondary N) is 1. The zero-order valence-corrected chi connectivity index (χ0v) is 10.7. The van der Waals surface area contributed by atoms with Crippen LogP contribution in [0.4, 0.5) is 0 Å². The molecule has 0 aromatic heterocycles. The molecule has 0 radical (unpaired) electrons. The molecule has 17 heavy (non-hydrogen) atoms. The molecule has 0 unspecified atom stereocenters. The first kappa shape index (κ1) is 13.7. The fraction of sp³-hybridized carbons (Fsp3) is 0.462. The first-order valence-electron chi connectivity index (χ1n) is 5.70. The Morgan fingerprint density at radius 2 is 2.18 bits per heavy atom. The molecule has 1 aromatic rings. The number of nitrogens with zero attached hydrogens (tertiary/aromatic N) is 1. The molecule has 4 nitrogen and oxygen atoms in total. The second kappa shape index (κ2) is 6.37. The number of carbonyl (C=O) groups excluding carboxylic acids is 1. The number of phenolic OH excluding ortho intramolecular Hbond substituents is 1. The molecule has 2 N–H and O–H groups in total. The number of likely N-dealkylation sites (N-methyl/N-ethyl adjacent to an activating group) is 2. The molecule has 0 saturated heterocycles. The zero-order valence-electron chi connectivity index (χ0n) is 10.7. The Hall–Kier alpha value is -1.39. The molecule has 94 valence electrons. The van der Waals surface area contributed by atoms with Crippen LogP contribution in [0.1, 0.15) is 22.8 Å². The highest BCUT2D eigenvalue weighted by Crippen LogP contribution is 2.20. The lowest BCUT2D eigenvalue weighted by Gasteiger charge is -2.17. The van der Waals surface area contributed by atoms with E-state index in [4.69, 9.17) is 0 Å². The van der Waals surface area contributed by atoms with E-state index in [1.807, 2.05) is 14.1 Å². The summed E-state index contributed by atoms with van der Waals surface area (Å²) in [5, 5.41) is 12.8. The van der Waals surface area contributed by atoms with Gasteiger partial charge >= 0.3 is 0 Å². The molecule has 0 saturated carbocycles. The highest BCUT2D eigenvalue weighted by molar-refractivity contribution is 5.94. The number of phenols is 1. The summed E-state index contributed by atoms with van der Waals surface area (Å²) in [6, 6.07) is 4.99. The quantitative estimate of drug-likeness (QED) is 0.730. The van der Waals surface area contributed by atoms with Crippen molar-refractivity contribution < 1.29 is 9.90 Å². The molecule has 0 atom stereocenters. The molecule has 1 aromatic carbocycles. The summed E-state index contributed by atoms with van der Waals surface area (Å²) >= 11 is 0. The van der Waals surface area contributed by atoms with Gasteiger partial charge in [-0.05, 0) is 39.2 Å². The highest BCUT2D eigenvalue weighted by Gasteiger charge is 2.08. The van der Waals surface area contributed by atoms with Crippen LogP contribution < -0.4 is 5.32 Å². The molecule has 0 amide bonds. The minimum Gasteiger partial charge on any atom is -0.508 e. The van der Waals surface area contributed by atoms with E-state index in [-0.39, 0.29) is 11.5 Å². The van der Waals surface area contributed by atoms with Gasteiger partial charge in [0.25, 0.3) is 0 Å². The summed E-state index contributed by atoms with van der Waals surface area (Å²) in [6.45, 7) is 3.94. The number of carbonyl (C=O) groups is 1. The van der Waals surface area contributed by atoms with Crippen LogP contribution in [0.2, 0.25) is 0 Å². The minimum atomic E-state index is 0.0177. The van der Waals surface area contributed by atoms with Crippen molar-refractivity contribution >= 4 is 5.78 Å². The third kappa shape index (κ3) is 4.17. The molecular weight excluding hydrogens is 216 g/mol. The van der Waals surface area contributed by atoms with Crippen LogP contribution in [-0.4, -0.2) is 43.0 Å². The number of hydrogen-bond donors (Lipinski definition) is 2. The van der Waals surface area contributed by atoms with Crippen LogP contribution in [0.3, 0.4) is 0 Å². The zero-order chi connectivity index (χ0) is 12.8. The maximum atomic E-state index is 11.3. The maximum absolute atomic E-state index is 11.3. The molecule has 0 aliphatic heterocycles. The molecular formula is C13H20N2O2. The lowest BCUT2D eigenvalue weighted by molar-refractivity contribution is 0.101. The predicted octanol–water partition coefficient (Wildman–Crippen LogP) is 1.25. The van der Waals surface area contributed by atoms with Gasteiger partial charge in [-0.2, -0.15) is 0 Å². The summed E-state index contributed by atoms with van der Waals surface area (Å²) in [4.78, 5) is 13.4. The number of rotatable bonds is 6. The molecule has 0 spiro atoms. The molecule has 0 aliphatic rings. The number of hydrogen-bond acceptors (Lipinski definition) is 4. The molecule has 0 fully saturated rings. The average molecular weight is 236 g/mol. The smallest absolute Gasteiger partial charge is 0.159 e. The summed E-state index contributed by atoms with van der Waals surface area (Å²) in [5.41, 5.74) is 1.43. The minimum absolute atomic E-state index is 0.0177. The molecule has 0 aliphatic carbocycles. The number of ketones is 1.